The van der Waals surface area contributed by atoms with Crippen molar-refractivity contribution in [3.8, 4) is 5.88 Å². The zero-order valence-electron chi connectivity index (χ0n) is 10.4. The molecule has 1 heterocycles. The van der Waals surface area contributed by atoms with Gasteiger partial charge in [-0.15, -0.1) is 0 Å². The molecule has 0 saturated heterocycles. The molecule has 0 amide bonds. The van der Waals surface area contributed by atoms with E-state index in [2.05, 4.69) is 11.9 Å². The number of hydrogen-bond acceptors (Lipinski definition) is 3. The van der Waals surface area contributed by atoms with Crippen LogP contribution in [0.15, 0.2) is 12.3 Å². The Balaban J connectivity index is 2.14. The van der Waals surface area contributed by atoms with Gasteiger partial charge < -0.3 is 10.5 Å². The van der Waals surface area contributed by atoms with Crippen LogP contribution in [-0.2, 0) is 0 Å². The van der Waals surface area contributed by atoms with Gasteiger partial charge in [0.25, 0.3) is 0 Å². The second kappa shape index (κ2) is 8.18. The molecule has 17 heavy (non-hydrogen) atoms. The summed E-state index contributed by atoms with van der Waals surface area (Å²) in [6.07, 6.45) is 9.00. The third-order valence-electron chi connectivity index (χ3n) is 2.58. The number of nitrogens with zero attached hydrogens (tertiary/aromatic N) is 1. The highest BCUT2D eigenvalue weighted by atomic mass is 35.5. The summed E-state index contributed by atoms with van der Waals surface area (Å²) in [6.45, 7) is 2.89. The summed E-state index contributed by atoms with van der Waals surface area (Å²) >= 11 is 5.75. The number of nitrogen functional groups attached to an aromatic ring is 1. The molecule has 0 aromatic carbocycles. The van der Waals surface area contributed by atoms with Crippen LogP contribution in [0.1, 0.15) is 45.4 Å². The van der Waals surface area contributed by atoms with Crippen LogP contribution in [0.25, 0.3) is 0 Å². The lowest BCUT2D eigenvalue weighted by molar-refractivity contribution is 0.295. The quantitative estimate of drug-likeness (QED) is 0.714. The van der Waals surface area contributed by atoms with E-state index in [1.54, 1.807) is 12.3 Å². The van der Waals surface area contributed by atoms with Gasteiger partial charge in [-0.2, -0.15) is 0 Å². The normalized spacial score (nSPS) is 10.5. The molecule has 0 aliphatic rings. The number of anilines is 1. The second-order valence-corrected chi connectivity index (χ2v) is 4.60. The fourth-order valence-corrected chi connectivity index (χ4v) is 1.78. The first kappa shape index (κ1) is 14.1. The molecule has 0 aliphatic carbocycles. The number of halogens is 1. The molecule has 2 N–H and O–H groups in total. The van der Waals surface area contributed by atoms with Crippen LogP contribution in [0.4, 0.5) is 5.69 Å². The highest BCUT2D eigenvalue weighted by Gasteiger charge is 2.02. The minimum atomic E-state index is 0.489. The lowest BCUT2D eigenvalue weighted by Crippen LogP contribution is -2.02. The molecule has 0 atom stereocenters. The lowest BCUT2D eigenvalue weighted by atomic mass is 10.1. The number of rotatable bonds is 8. The van der Waals surface area contributed by atoms with Crippen LogP contribution in [-0.4, -0.2) is 11.6 Å². The molecule has 1 aromatic rings. The van der Waals surface area contributed by atoms with E-state index < -0.39 is 0 Å². The minimum Gasteiger partial charge on any atom is -0.476 e. The number of unbranched alkanes of at least 4 members (excludes halogenated alkanes) is 5. The maximum Gasteiger partial charge on any atom is 0.237 e. The number of ether oxygens (including phenoxy) is 1. The molecular formula is C13H21ClN2O. The van der Waals surface area contributed by atoms with Gasteiger partial charge in [-0.1, -0.05) is 50.6 Å². The highest BCUT2D eigenvalue weighted by molar-refractivity contribution is 6.30. The van der Waals surface area contributed by atoms with Gasteiger partial charge in [0.05, 0.1) is 17.3 Å². The van der Waals surface area contributed by atoms with Crippen LogP contribution in [0.5, 0.6) is 5.88 Å². The van der Waals surface area contributed by atoms with Gasteiger partial charge in [0.15, 0.2) is 0 Å². The van der Waals surface area contributed by atoms with Crippen molar-refractivity contribution < 1.29 is 4.74 Å². The van der Waals surface area contributed by atoms with Crippen molar-refractivity contribution in [3.63, 3.8) is 0 Å². The van der Waals surface area contributed by atoms with Gasteiger partial charge in [-0.25, -0.2) is 4.98 Å². The Morgan fingerprint density at radius 3 is 2.65 bits per heavy atom. The molecular weight excluding hydrogens is 236 g/mol. The summed E-state index contributed by atoms with van der Waals surface area (Å²) in [5.74, 6) is 0.489. The maximum absolute atomic E-state index is 5.75. The van der Waals surface area contributed by atoms with Crippen molar-refractivity contribution in [2.45, 2.75) is 45.4 Å². The zero-order valence-corrected chi connectivity index (χ0v) is 11.2. The van der Waals surface area contributed by atoms with Crippen molar-refractivity contribution in [1.29, 1.82) is 0 Å². The SMILES string of the molecule is CCCCCCCCOc1ncc(Cl)cc1N. The summed E-state index contributed by atoms with van der Waals surface area (Å²) in [4.78, 5) is 4.05. The van der Waals surface area contributed by atoms with Crippen molar-refractivity contribution in [2.24, 2.45) is 0 Å². The highest BCUT2D eigenvalue weighted by Crippen LogP contribution is 2.21. The lowest BCUT2D eigenvalue weighted by Gasteiger charge is -2.07. The van der Waals surface area contributed by atoms with Crippen LogP contribution in [0, 0.1) is 0 Å². The monoisotopic (exact) mass is 256 g/mol. The summed E-state index contributed by atoms with van der Waals surface area (Å²) in [5.41, 5.74) is 6.23. The fourth-order valence-electron chi connectivity index (χ4n) is 1.61. The third kappa shape index (κ3) is 5.78. The van der Waals surface area contributed by atoms with Crippen molar-refractivity contribution in [2.75, 3.05) is 12.3 Å². The molecule has 0 aliphatic heterocycles. The van der Waals surface area contributed by atoms with Gasteiger partial charge in [-0.05, 0) is 12.5 Å². The summed E-state index contributed by atoms with van der Waals surface area (Å²) in [7, 11) is 0. The molecule has 0 bridgehead atoms. The van der Waals surface area contributed by atoms with Crippen molar-refractivity contribution in [3.05, 3.63) is 17.3 Å². The van der Waals surface area contributed by atoms with E-state index in [4.69, 9.17) is 22.1 Å². The van der Waals surface area contributed by atoms with Gasteiger partial charge in [-0.3, -0.25) is 0 Å². The predicted octanol–water partition coefficient (Wildman–Crippen LogP) is 4.06. The van der Waals surface area contributed by atoms with E-state index >= 15 is 0 Å². The van der Waals surface area contributed by atoms with Crippen LogP contribution >= 0.6 is 11.6 Å². The topological polar surface area (TPSA) is 48.1 Å². The maximum atomic E-state index is 5.75. The van der Waals surface area contributed by atoms with Crippen LogP contribution < -0.4 is 10.5 Å². The third-order valence-corrected chi connectivity index (χ3v) is 2.79. The van der Waals surface area contributed by atoms with Gasteiger partial charge in [0.2, 0.25) is 5.88 Å². The Labute approximate surface area is 108 Å². The zero-order chi connectivity index (χ0) is 12.5. The average molecular weight is 257 g/mol. The van der Waals surface area contributed by atoms with Crippen molar-refractivity contribution >= 4 is 17.3 Å². The Morgan fingerprint density at radius 1 is 1.24 bits per heavy atom. The number of pyridine rings is 1. The molecule has 1 aromatic heterocycles. The summed E-state index contributed by atoms with van der Waals surface area (Å²) in [5, 5.41) is 0.536. The molecule has 1 rings (SSSR count). The largest absolute Gasteiger partial charge is 0.476 e. The molecule has 96 valence electrons. The second-order valence-electron chi connectivity index (χ2n) is 4.16. The van der Waals surface area contributed by atoms with E-state index in [0.717, 1.165) is 6.42 Å². The van der Waals surface area contributed by atoms with E-state index in [1.807, 2.05) is 0 Å². The van der Waals surface area contributed by atoms with E-state index in [1.165, 1.54) is 32.1 Å². The van der Waals surface area contributed by atoms with E-state index in [-0.39, 0.29) is 0 Å². The van der Waals surface area contributed by atoms with Crippen molar-refractivity contribution in [1.82, 2.24) is 4.98 Å². The number of aromatic nitrogens is 1. The van der Waals surface area contributed by atoms with Gasteiger partial charge in [0.1, 0.15) is 0 Å². The first-order valence-electron chi connectivity index (χ1n) is 6.28. The van der Waals surface area contributed by atoms with Crippen LogP contribution in [0.3, 0.4) is 0 Å². The Bertz CT molecular complexity index is 331. The first-order chi connectivity index (χ1) is 8.24. The Kier molecular flexibility index (Phi) is 6.78. The average Bonchev–Trinajstić information content (AvgIpc) is 2.30. The van der Waals surface area contributed by atoms with E-state index in [0.29, 0.717) is 23.2 Å². The molecule has 3 nitrogen and oxygen atoms in total. The summed E-state index contributed by atoms with van der Waals surface area (Å²) in [6, 6.07) is 1.66. The predicted molar refractivity (Wildman–Crippen MR) is 72.5 cm³/mol. The van der Waals surface area contributed by atoms with Gasteiger partial charge in [0, 0.05) is 6.20 Å². The molecule has 0 radical (unpaired) electrons. The smallest absolute Gasteiger partial charge is 0.237 e. The first-order valence-corrected chi connectivity index (χ1v) is 6.65. The molecule has 0 saturated carbocycles. The molecule has 0 unspecified atom stereocenters. The summed E-state index contributed by atoms with van der Waals surface area (Å²) < 4.78 is 5.50. The number of nitrogens with two attached hydrogens (primary N) is 1. The minimum absolute atomic E-state index is 0.489. The number of hydrogen-bond donors (Lipinski definition) is 1. The Morgan fingerprint density at radius 2 is 1.94 bits per heavy atom. The molecule has 0 fully saturated rings. The molecule has 4 heteroatoms. The Hall–Kier alpha value is -0.960. The van der Waals surface area contributed by atoms with E-state index in [9.17, 15) is 0 Å². The fraction of sp³-hybridized carbons (Fsp3) is 0.615. The van der Waals surface area contributed by atoms with Crippen LogP contribution in [0.2, 0.25) is 5.02 Å². The molecule has 0 spiro atoms. The standard InChI is InChI=1S/C13H21ClN2O/c1-2-3-4-5-6-7-8-17-13-12(15)9-11(14)10-16-13/h9-10H,2-8,15H2,1H3. The van der Waals surface area contributed by atoms with Gasteiger partial charge >= 0.3 is 0 Å².